The molecule has 3 aromatic rings. The summed E-state index contributed by atoms with van der Waals surface area (Å²) in [4.78, 5) is 17.0. The molecule has 2 heterocycles. The zero-order chi connectivity index (χ0) is 23.0. The number of carbonyl (C=O) groups excluding carboxylic acids is 1. The number of ether oxygens (including phenoxy) is 2. The number of nitrogens with zero attached hydrogens (tertiary/aromatic N) is 5. The molecule has 0 unspecified atom stereocenters. The Morgan fingerprint density at radius 2 is 1.97 bits per heavy atom. The fourth-order valence-corrected chi connectivity index (χ4v) is 4.39. The van der Waals surface area contributed by atoms with Gasteiger partial charge in [0.05, 0.1) is 13.3 Å². The number of hydrogen-bond donors (Lipinski definition) is 2. The Balaban J connectivity index is 1.32. The first-order chi connectivity index (χ1) is 16.1. The van der Waals surface area contributed by atoms with Crippen LogP contribution >= 0.6 is 11.3 Å². The maximum Gasteiger partial charge on any atom is 0.259 e. The van der Waals surface area contributed by atoms with E-state index in [2.05, 4.69) is 42.1 Å². The minimum atomic E-state index is -0.767. The average Bonchev–Trinajstić information content (AvgIpc) is 3.27. The molecule has 0 saturated heterocycles. The number of anilines is 2. The summed E-state index contributed by atoms with van der Waals surface area (Å²) in [6.45, 7) is 0. The molecule has 0 saturated carbocycles. The summed E-state index contributed by atoms with van der Waals surface area (Å²) in [5.41, 5.74) is 1.99. The van der Waals surface area contributed by atoms with Crippen LogP contribution in [0.4, 0.5) is 10.3 Å². The van der Waals surface area contributed by atoms with Gasteiger partial charge in [-0.15, -0.1) is 15.3 Å². The summed E-state index contributed by atoms with van der Waals surface area (Å²) in [5, 5.41) is 23.5. The zero-order valence-electron chi connectivity index (χ0n) is 18.4. The number of allylic oxidation sites excluding steroid dienone is 1. The Morgan fingerprint density at radius 1 is 1.15 bits per heavy atom. The van der Waals surface area contributed by atoms with E-state index in [1.54, 1.807) is 43.8 Å². The van der Waals surface area contributed by atoms with Crippen LogP contribution in [-0.4, -0.2) is 51.5 Å². The quantitative estimate of drug-likeness (QED) is 0.457. The summed E-state index contributed by atoms with van der Waals surface area (Å²) in [6, 6.07) is 7.39. The molecule has 172 valence electrons. The second-order valence-electron chi connectivity index (χ2n) is 7.51. The van der Waals surface area contributed by atoms with E-state index in [1.807, 2.05) is 0 Å². The van der Waals surface area contributed by atoms with Gasteiger partial charge in [0, 0.05) is 25.8 Å². The number of amides is 1. The van der Waals surface area contributed by atoms with Gasteiger partial charge in [-0.1, -0.05) is 35.1 Å². The first-order valence-corrected chi connectivity index (χ1v) is 11.3. The summed E-state index contributed by atoms with van der Waals surface area (Å²) >= 11 is 1.29. The Labute approximate surface area is 195 Å². The van der Waals surface area contributed by atoms with E-state index in [-0.39, 0.29) is 11.9 Å². The Bertz CT molecular complexity index is 1090. The lowest BCUT2D eigenvalue weighted by Crippen LogP contribution is -2.23. The molecule has 1 aliphatic carbocycles. The van der Waals surface area contributed by atoms with Crippen LogP contribution in [0, 0.1) is 0 Å². The lowest BCUT2D eigenvalue weighted by atomic mass is 9.93. The SMILES string of the molecule is COc1ccc([C@H](OC)C(=O)Nc2nnc(N[C@@H]3CCC=C(Cc4nccnn4)C3)s2)cc1. The number of benzene rings is 1. The second-order valence-corrected chi connectivity index (χ2v) is 8.49. The molecule has 2 aromatic heterocycles. The molecular weight excluding hydrogens is 442 g/mol. The van der Waals surface area contributed by atoms with Gasteiger partial charge in [-0.05, 0) is 37.0 Å². The molecule has 10 nitrogen and oxygen atoms in total. The molecule has 11 heteroatoms. The van der Waals surface area contributed by atoms with Crippen molar-refractivity contribution in [2.75, 3.05) is 24.9 Å². The monoisotopic (exact) mass is 467 g/mol. The molecule has 0 bridgehead atoms. The van der Waals surface area contributed by atoms with E-state index in [0.29, 0.717) is 22.4 Å². The number of hydrogen-bond acceptors (Lipinski definition) is 10. The molecule has 0 spiro atoms. The van der Waals surface area contributed by atoms with Crippen molar-refractivity contribution in [1.82, 2.24) is 25.4 Å². The number of nitrogens with one attached hydrogen (secondary N) is 2. The molecule has 4 rings (SSSR count). The largest absolute Gasteiger partial charge is 0.497 e. The van der Waals surface area contributed by atoms with E-state index in [1.165, 1.54) is 24.0 Å². The van der Waals surface area contributed by atoms with Crippen LogP contribution in [0.1, 0.15) is 36.8 Å². The van der Waals surface area contributed by atoms with Gasteiger partial charge in [-0.2, -0.15) is 5.10 Å². The molecule has 1 amide bonds. The van der Waals surface area contributed by atoms with E-state index in [0.717, 1.165) is 30.7 Å². The fraction of sp³-hybridized carbons (Fsp3) is 0.364. The van der Waals surface area contributed by atoms with E-state index < -0.39 is 6.10 Å². The van der Waals surface area contributed by atoms with E-state index >= 15 is 0 Å². The third-order valence-corrected chi connectivity index (χ3v) is 6.02. The molecule has 2 atom stereocenters. The van der Waals surface area contributed by atoms with Crippen LogP contribution in [0.5, 0.6) is 5.75 Å². The second kappa shape index (κ2) is 10.9. The highest BCUT2D eigenvalue weighted by atomic mass is 32.1. The standard InChI is InChI=1S/C22H25N7O3S/c1-31-17-8-6-15(7-9-17)19(32-2)20(30)26-22-29-28-21(33-22)25-16-5-3-4-14(12-16)13-18-23-10-11-24-27-18/h4,6-11,16,19H,3,5,12-13H2,1-2H3,(H,25,28)(H,26,29,30)/t16-,19+/m1/s1. The van der Waals surface area contributed by atoms with Crippen molar-refractivity contribution < 1.29 is 14.3 Å². The average molecular weight is 468 g/mol. The van der Waals surface area contributed by atoms with Gasteiger partial charge in [0.15, 0.2) is 11.9 Å². The number of methoxy groups -OCH3 is 2. The highest BCUT2D eigenvalue weighted by molar-refractivity contribution is 7.19. The van der Waals surface area contributed by atoms with Gasteiger partial charge in [0.2, 0.25) is 10.3 Å². The minimum Gasteiger partial charge on any atom is -0.497 e. The summed E-state index contributed by atoms with van der Waals surface area (Å²) < 4.78 is 10.6. The first-order valence-electron chi connectivity index (χ1n) is 10.5. The molecule has 0 radical (unpaired) electrons. The third kappa shape index (κ3) is 6.08. The van der Waals surface area contributed by atoms with Crippen LogP contribution in [0.15, 0.2) is 48.3 Å². The van der Waals surface area contributed by atoms with Crippen molar-refractivity contribution in [3.05, 3.63) is 59.7 Å². The molecule has 33 heavy (non-hydrogen) atoms. The van der Waals surface area contributed by atoms with Crippen molar-refractivity contribution in [2.45, 2.75) is 37.8 Å². The summed E-state index contributed by atoms with van der Waals surface area (Å²) in [6.07, 6.45) is 8.20. The molecule has 2 N–H and O–H groups in total. The topological polar surface area (TPSA) is 124 Å². The van der Waals surface area contributed by atoms with Crippen LogP contribution in [0.3, 0.4) is 0 Å². The molecule has 1 aromatic carbocycles. The van der Waals surface area contributed by atoms with Gasteiger partial charge in [0.1, 0.15) is 5.75 Å². The van der Waals surface area contributed by atoms with E-state index in [9.17, 15) is 4.79 Å². The van der Waals surface area contributed by atoms with Gasteiger partial charge in [0.25, 0.3) is 5.91 Å². The molecule has 0 fully saturated rings. The maximum atomic E-state index is 12.7. The number of carbonyl (C=O) groups is 1. The Kier molecular flexibility index (Phi) is 7.53. The van der Waals surface area contributed by atoms with E-state index in [4.69, 9.17) is 9.47 Å². The lowest BCUT2D eigenvalue weighted by Gasteiger charge is -2.23. The normalized spacial score (nSPS) is 16.5. The van der Waals surface area contributed by atoms with Crippen LogP contribution in [0.25, 0.3) is 0 Å². The van der Waals surface area contributed by atoms with Gasteiger partial charge in [-0.3, -0.25) is 10.1 Å². The summed E-state index contributed by atoms with van der Waals surface area (Å²) in [7, 11) is 3.09. The van der Waals surface area contributed by atoms with Crippen LogP contribution < -0.4 is 15.4 Å². The minimum absolute atomic E-state index is 0.226. The highest BCUT2D eigenvalue weighted by Gasteiger charge is 2.23. The van der Waals surface area contributed by atoms with Crippen LogP contribution in [0.2, 0.25) is 0 Å². The number of aromatic nitrogens is 5. The van der Waals surface area contributed by atoms with Crippen molar-refractivity contribution >= 4 is 27.5 Å². The van der Waals surface area contributed by atoms with Crippen molar-refractivity contribution in [3.63, 3.8) is 0 Å². The van der Waals surface area contributed by atoms with Crippen molar-refractivity contribution in [3.8, 4) is 5.75 Å². The Hall–Kier alpha value is -3.44. The van der Waals surface area contributed by atoms with Crippen molar-refractivity contribution in [1.29, 1.82) is 0 Å². The fourth-order valence-electron chi connectivity index (χ4n) is 3.67. The van der Waals surface area contributed by atoms with Gasteiger partial charge in [-0.25, -0.2) is 4.98 Å². The molecule has 1 aliphatic rings. The molecular formula is C22H25N7O3S. The zero-order valence-corrected chi connectivity index (χ0v) is 19.2. The predicted molar refractivity (Wildman–Crippen MR) is 124 cm³/mol. The highest BCUT2D eigenvalue weighted by Crippen LogP contribution is 2.28. The lowest BCUT2D eigenvalue weighted by molar-refractivity contribution is -0.126. The maximum absolute atomic E-state index is 12.7. The van der Waals surface area contributed by atoms with Gasteiger partial charge < -0.3 is 14.8 Å². The number of rotatable bonds is 9. The Morgan fingerprint density at radius 3 is 2.70 bits per heavy atom. The first kappa shape index (κ1) is 22.7. The smallest absolute Gasteiger partial charge is 0.259 e. The third-order valence-electron chi connectivity index (χ3n) is 5.25. The van der Waals surface area contributed by atoms with Crippen molar-refractivity contribution in [2.24, 2.45) is 0 Å². The van der Waals surface area contributed by atoms with Gasteiger partial charge >= 0.3 is 0 Å². The summed E-state index contributed by atoms with van der Waals surface area (Å²) in [5.74, 6) is 1.11. The molecule has 0 aliphatic heterocycles. The predicted octanol–water partition coefficient (Wildman–Crippen LogP) is 3.19. The van der Waals surface area contributed by atoms with Crippen LogP contribution in [-0.2, 0) is 16.0 Å².